The van der Waals surface area contributed by atoms with Gasteiger partial charge in [-0.1, -0.05) is 44.2 Å². The van der Waals surface area contributed by atoms with E-state index in [0.29, 0.717) is 5.92 Å². The molecule has 2 aromatic rings. The third-order valence-electron chi connectivity index (χ3n) is 6.42. The lowest BCUT2D eigenvalue weighted by atomic mass is 9.96. The Morgan fingerprint density at radius 2 is 2.06 bits per heavy atom. The largest absolute Gasteiger partial charge is 0.360 e. The Bertz CT molecular complexity index is 999. The zero-order valence-corrected chi connectivity index (χ0v) is 19.9. The lowest BCUT2D eigenvalue weighted by Crippen LogP contribution is -2.39. The molecule has 0 spiro atoms. The van der Waals surface area contributed by atoms with E-state index in [0.717, 1.165) is 51.4 Å². The Labute approximate surface area is 196 Å². The van der Waals surface area contributed by atoms with Crippen LogP contribution >= 0.6 is 0 Å². The number of carbonyl (C=O) groups is 1. The maximum atomic E-state index is 11.5. The molecule has 3 rings (SSSR count). The van der Waals surface area contributed by atoms with Crippen molar-refractivity contribution in [2.45, 2.75) is 52.6 Å². The van der Waals surface area contributed by atoms with Crippen LogP contribution in [0.2, 0.25) is 0 Å². The van der Waals surface area contributed by atoms with E-state index < -0.39 is 5.91 Å². The summed E-state index contributed by atoms with van der Waals surface area (Å²) < 4.78 is 2.40. The molecule has 1 amide bonds. The second kappa shape index (κ2) is 12.4. The van der Waals surface area contributed by atoms with Crippen molar-refractivity contribution in [2.24, 2.45) is 10.9 Å². The Morgan fingerprint density at radius 3 is 2.76 bits per heavy atom. The van der Waals surface area contributed by atoms with E-state index in [2.05, 4.69) is 63.7 Å². The quantitative estimate of drug-likeness (QED) is 0.126. The van der Waals surface area contributed by atoms with Crippen LogP contribution in [0.1, 0.15) is 45.1 Å². The summed E-state index contributed by atoms with van der Waals surface area (Å²) in [6, 6.07) is 8.69. The second-order valence-electron chi connectivity index (χ2n) is 8.69. The van der Waals surface area contributed by atoms with Crippen LogP contribution in [0.4, 0.5) is 0 Å². The van der Waals surface area contributed by atoms with Crippen molar-refractivity contribution < 1.29 is 10.0 Å². The molecule has 0 radical (unpaired) electrons. The van der Waals surface area contributed by atoms with Gasteiger partial charge >= 0.3 is 0 Å². The number of benzene rings is 1. The lowest BCUT2D eigenvalue weighted by Gasteiger charge is -2.33. The van der Waals surface area contributed by atoms with Crippen molar-refractivity contribution in [1.29, 1.82) is 0 Å². The van der Waals surface area contributed by atoms with E-state index in [1.165, 1.54) is 41.6 Å². The smallest absolute Gasteiger partial charge is 0.276 e. The molecule has 1 fully saturated rings. The van der Waals surface area contributed by atoms with Crippen LogP contribution in [0.5, 0.6) is 0 Å². The highest BCUT2D eigenvalue weighted by Gasteiger charge is 2.20. The molecule has 0 aliphatic carbocycles. The number of nitrogens with one attached hydrogen (secondary N) is 2. The van der Waals surface area contributed by atoms with Crippen LogP contribution in [0, 0.1) is 5.92 Å². The number of amides is 1. The number of nitrogens with zero attached hydrogens (tertiary/aromatic N) is 3. The van der Waals surface area contributed by atoms with Gasteiger partial charge in [0, 0.05) is 49.5 Å². The fourth-order valence-electron chi connectivity index (χ4n) is 4.36. The predicted molar refractivity (Wildman–Crippen MR) is 134 cm³/mol. The average Bonchev–Trinajstić information content (AvgIpc) is 3.20. The number of aromatic nitrogens is 1. The van der Waals surface area contributed by atoms with Crippen molar-refractivity contribution >= 4 is 22.6 Å². The van der Waals surface area contributed by atoms with E-state index in [1.807, 2.05) is 6.92 Å². The fourth-order valence-corrected chi connectivity index (χ4v) is 4.36. The number of hydrogen-bond donors (Lipinski definition) is 3. The molecule has 7 heteroatoms. The number of amidine groups is 1. The lowest BCUT2D eigenvalue weighted by molar-refractivity contribution is -0.124. The van der Waals surface area contributed by atoms with Gasteiger partial charge < -0.3 is 14.8 Å². The van der Waals surface area contributed by atoms with Crippen molar-refractivity contribution in [2.75, 3.05) is 19.6 Å². The minimum absolute atomic E-state index is 0.229. The zero-order chi connectivity index (χ0) is 23.6. The number of fused-ring (bicyclic) bond motifs is 1. The third-order valence-corrected chi connectivity index (χ3v) is 6.42. The number of likely N-dealkylation sites (tertiary alicyclic amines) is 1. The molecule has 1 aromatic carbocycles. The van der Waals surface area contributed by atoms with Crippen molar-refractivity contribution in [3.63, 3.8) is 0 Å². The highest BCUT2D eigenvalue weighted by Crippen LogP contribution is 2.22. The number of para-hydroxylation sites is 1. The van der Waals surface area contributed by atoms with Crippen molar-refractivity contribution in [3.05, 3.63) is 60.5 Å². The Balaban J connectivity index is 1.49. The van der Waals surface area contributed by atoms with Crippen LogP contribution in [-0.4, -0.2) is 46.1 Å². The Kier molecular flexibility index (Phi) is 9.27. The maximum absolute atomic E-state index is 11.5. The van der Waals surface area contributed by atoms with Gasteiger partial charge in [-0.3, -0.25) is 10.0 Å². The molecule has 1 aliphatic rings. The highest BCUT2D eigenvalue weighted by molar-refractivity contribution is 5.95. The van der Waals surface area contributed by atoms with E-state index in [9.17, 15) is 4.79 Å². The molecule has 3 N–H and O–H groups in total. The van der Waals surface area contributed by atoms with Crippen LogP contribution in [0.25, 0.3) is 10.9 Å². The number of unbranched alkanes of at least 4 members (excludes halogenated alkanes) is 1. The van der Waals surface area contributed by atoms with E-state index in [4.69, 9.17) is 5.21 Å². The molecule has 0 bridgehead atoms. The normalized spacial score (nSPS) is 15.8. The number of rotatable bonds is 10. The van der Waals surface area contributed by atoms with Gasteiger partial charge in [-0.05, 0) is 50.3 Å². The van der Waals surface area contributed by atoms with Gasteiger partial charge in [0.1, 0.15) is 5.84 Å². The summed E-state index contributed by atoms with van der Waals surface area (Å²) in [5.74, 6) is 0.896. The number of aryl methyl sites for hydroxylation is 1. The molecule has 0 atom stereocenters. The molecule has 178 valence electrons. The van der Waals surface area contributed by atoms with Crippen LogP contribution in [0.15, 0.2) is 59.9 Å². The summed E-state index contributed by atoms with van der Waals surface area (Å²) in [5, 5.41) is 13.8. The molecular weight excluding hydrogens is 414 g/mol. The number of carbonyl (C=O) groups excluding carboxylic acids is 1. The summed E-state index contributed by atoms with van der Waals surface area (Å²) in [5.41, 5.74) is 4.54. The number of hydroxylamine groups is 1. The van der Waals surface area contributed by atoms with Crippen molar-refractivity contribution in [1.82, 2.24) is 20.3 Å². The average molecular weight is 452 g/mol. The summed E-state index contributed by atoms with van der Waals surface area (Å²) >= 11 is 0. The second-order valence-corrected chi connectivity index (χ2v) is 8.69. The standard InChI is InChI=1S/C26H37N5O2/c1-4-6-13-31-19-23(24-9-7-8-10-25(24)31)17-27-16-21-11-14-30(15-12-21)20(3)28-18-22(5-2)26(32)29-33/h5,7-10,18-19,21,27,33H,2,4,6,11-17H2,1,3H3,(H,29,32)/b22-18+,28-20?. The molecular formula is C26H37N5O2. The molecule has 2 heterocycles. The Morgan fingerprint density at radius 1 is 1.30 bits per heavy atom. The minimum Gasteiger partial charge on any atom is -0.360 e. The van der Waals surface area contributed by atoms with Gasteiger partial charge in [0.15, 0.2) is 0 Å². The third kappa shape index (κ3) is 6.55. The molecule has 0 saturated carbocycles. The summed E-state index contributed by atoms with van der Waals surface area (Å²) in [4.78, 5) is 18.1. The molecule has 33 heavy (non-hydrogen) atoms. The SMILES string of the molecule is C=C/C(=C\N=C(C)N1CCC(CNCc2cn(CCCC)c3ccccc23)CC1)C(=O)NO. The molecule has 1 aliphatic heterocycles. The molecule has 0 unspecified atom stereocenters. The van der Waals surface area contributed by atoms with Crippen LogP contribution < -0.4 is 10.8 Å². The van der Waals surface area contributed by atoms with Crippen LogP contribution in [0.3, 0.4) is 0 Å². The van der Waals surface area contributed by atoms with Crippen molar-refractivity contribution in [3.8, 4) is 0 Å². The summed E-state index contributed by atoms with van der Waals surface area (Å²) in [6.07, 6.45) is 9.75. The van der Waals surface area contributed by atoms with Gasteiger partial charge in [-0.2, -0.15) is 0 Å². The first-order valence-electron chi connectivity index (χ1n) is 11.9. The monoisotopic (exact) mass is 451 g/mol. The van der Waals surface area contributed by atoms with E-state index in [1.54, 1.807) is 5.48 Å². The van der Waals surface area contributed by atoms with Crippen LogP contribution in [-0.2, 0) is 17.9 Å². The fraction of sp³-hybridized carbons (Fsp3) is 0.462. The number of piperidine rings is 1. The van der Waals surface area contributed by atoms with Gasteiger partial charge in [0.05, 0.1) is 5.57 Å². The minimum atomic E-state index is -0.611. The summed E-state index contributed by atoms with van der Waals surface area (Å²) in [6.45, 7) is 12.6. The number of hydrogen-bond acceptors (Lipinski definition) is 4. The number of aliphatic imine (C=N–C) groups is 1. The first-order valence-corrected chi connectivity index (χ1v) is 11.9. The highest BCUT2D eigenvalue weighted by atomic mass is 16.5. The van der Waals surface area contributed by atoms with Gasteiger partial charge in [0.2, 0.25) is 0 Å². The first kappa shape index (κ1) is 24.7. The first-order chi connectivity index (χ1) is 16.1. The Hall–Kier alpha value is -2.90. The predicted octanol–water partition coefficient (Wildman–Crippen LogP) is 4.24. The van der Waals surface area contributed by atoms with Gasteiger partial charge in [0.25, 0.3) is 5.91 Å². The summed E-state index contributed by atoms with van der Waals surface area (Å²) in [7, 11) is 0. The maximum Gasteiger partial charge on any atom is 0.276 e. The molecule has 1 saturated heterocycles. The van der Waals surface area contributed by atoms with Gasteiger partial charge in [-0.15, -0.1) is 0 Å². The molecule has 7 nitrogen and oxygen atoms in total. The van der Waals surface area contributed by atoms with Gasteiger partial charge in [-0.25, -0.2) is 10.5 Å². The van der Waals surface area contributed by atoms with E-state index in [-0.39, 0.29) is 5.57 Å². The van der Waals surface area contributed by atoms with E-state index >= 15 is 0 Å². The zero-order valence-electron chi connectivity index (χ0n) is 19.9. The topological polar surface area (TPSA) is 81.9 Å². The molecule has 1 aromatic heterocycles.